The van der Waals surface area contributed by atoms with Gasteiger partial charge < -0.3 is 0 Å². The van der Waals surface area contributed by atoms with Crippen LogP contribution in [-0.4, -0.2) is 18.8 Å². The van der Waals surface area contributed by atoms with Crippen molar-refractivity contribution in [1.29, 1.82) is 0 Å². The molecule has 1 radical (unpaired) electrons. The molecule has 0 spiro atoms. The van der Waals surface area contributed by atoms with E-state index in [9.17, 15) is 0 Å². The van der Waals surface area contributed by atoms with Gasteiger partial charge in [-0.3, -0.25) is 0 Å². The molecule has 0 N–H and O–H groups in total. The number of unbranched alkanes of at least 4 members (excludes halogenated alkanes) is 3. The molecule has 0 unspecified atom stereocenters. The van der Waals surface area contributed by atoms with Crippen LogP contribution < -0.4 is 0 Å². The van der Waals surface area contributed by atoms with Gasteiger partial charge in [-0.15, -0.1) is 12.4 Å². The van der Waals surface area contributed by atoms with E-state index in [2.05, 4.69) is 25.6 Å². The van der Waals surface area contributed by atoms with E-state index in [1.807, 2.05) is 0 Å². The largest absolute Gasteiger partial charge is 0.147 e. The van der Waals surface area contributed by atoms with Crippen molar-refractivity contribution in [3.63, 3.8) is 0 Å². The van der Waals surface area contributed by atoms with Crippen molar-refractivity contribution < 1.29 is 0 Å². The Morgan fingerprint density at radius 3 is 1.13 bits per heavy atom. The Morgan fingerprint density at radius 2 is 0.933 bits per heavy atom. The molecule has 0 amide bonds. The molecule has 0 heterocycles. The monoisotopic (exact) mass is 343 g/mol. The van der Waals surface area contributed by atoms with Gasteiger partial charge in [0.15, 0.2) is 0 Å². The molecule has 0 fully saturated rings. The van der Waals surface area contributed by atoms with E-state index in [1.54, 1.807) is 13.1 Å². The van der Waals surface area contributed by atoms with E-state index < -0.39 is 18.8 Å². The molecule has 0 aliphatic carbocycles. The molecule has 2 heteroatoms. The zero-order valence-electron chi connectivity index (χ0n) is 11.2. The normalized spacial score (nSPS) is 11.2. The maximum atomic E-state index is 2.71. The van der Waals surface area contributed by atoms with Gasteiger partial charge in [-0.2, -0.15) is 0 Å². The summed E-state index contributed by atoms with van der Waals surface area (Å²) in [6.07, 6.45) is 8.74. The predicted octanol–water partition coefficient (Wildman–Crippen LogP) is 5.89. The molecule has 0 aliphatic rings. The number of hydrogen-bond acceptors (Lipinski definition) is 0. The SMILES string of the molecule is CCC[CH2][Sb]([CH3])([CH2]CCC)[CH2]CCC.Cl. The Hall–Kier alpha value is 1.11. The van der Waals surface area contributed by atoms with Crippen molar-refractivity contribution in [2.45, 2.75) is 77.3 Å². The fourth-order valence-electron chi connectivity index (χ4n) is 1.95. The third-order valence-corrected chi connectivity index (χ3v) is 15.1. The van der Waals surface area contributed by atoms with Crippen LogP contribution in [-0.2, 0) is 0 Å². The van der Waals surface area contributed by atoms with Gasteiger partial charge in [0.1, 0.15) is 0 Å². The smallest absolute Gasteiger partial charge is 0.147 e. The number of halogens is 1. The average Bonchev–Trinajstić information content (AvgIpc) is 2.21. The first-order valence-corrected chi connectivity index (χ1v) is 14.5. The van der Waals surface area contributed by atoms with E-state index in [1.165, 1.54) is 38.5 Å². The minimum Gasteiger partial charge on any atom is -0.147 e. The first-order chi connectivity index (χ1) is 6.68. The molecule has 0 saturated heterocycles. The van der Waals surface area contributed by atoms with Crippen LogP contribution in [0.4, 0.5) is 0 Å². The molecule has 95 valence electrons. The van der Waals surface area contributed by atoms with Crippen molar-refractivity contribution >= 4 is 31.2 Å². The van der Waals surface area contributed by atoms with Crippen LogP contribution in [0.5, 0.6) is 0 Å². The molecule has 0 saturated carbocycles. The van der Waals surface area contributed by atoms with Gasteiger partial charge in [0.25, 0.3) is 0 Å². The Morgan fingerprint density at radius 1 is 0.667 bits per heavy atom. The molecule has 0 nitrogen and oxygen atoms in total. The van der Waals surface area contributed by atoms with E-state index in [0.29, 0.717) is 0 Å². The molecular weight excluding hydrogens is 313 g/mol. The quantitative estimate of drug-likeness (QED) is 0.458. The average molecular weight is 345 g/mol. The fraction of sp³-hybridized carbons (Fsp3) is 1.00. The Kier molecular flexibility index (Phi) is 14.3. The van der Waals surface area contributed by atoms with E-state index >= 15 is 0 Å². The van der Waals surface area contributed by atoms with Crippen molar-refractivity contribution in [1.82, 2.24) is 0 Å². The number of hydrogen-bond donors (Lipinski definition) is 0. The third kappa shape index (κ3) is 10.0. The van der Waals surface area contributed by atoms with Crippen LogP contribution in [0.15, 0.2) is 0 Å². The number of rotatable bonds is 9. The van der Waals surface area contributed by atoms with Gasteiger partial charge in [0.05, 0.1) is 0 Å². The molecule has 15 heavy (non-hydrogen) atoms. The van der Waals surface area contributed by atoms with Crippen molar-refractivity contribution in [3.05, 3.63) is 0 Å². The Labute approximate surface area is 108 Å². The van der Waals surface area contributed by atoms with Gasteiger partial charge in [-0.25, -0.2) is 0 Å². The topological polar surface area (TPSA) is 0 Å². The summed E-state index contributed by atoms with van der Waals surface area (Å²) in [5, 5.41) is 0. The third-order valence-electron chi connectivity index (χ3n) is 3.15. The van der Waals surface area contributed by atoms with Crippen LogP contribution in [0.25, 0.3) is 0 Å². The molecule has 0 atom stereocenters. The van der Waals surface area contributed by atoms with E-state index in [4.69, 9.17) is 0 Å². The van der Waals surface area contributed by atoms with E-state index in [-0.39, 0.29) is 12.4 Å². The van der Waals surface area contributed by atoms with Crippen molar-refractivity contribution in [2.75, 3.05) is 0 Å². The standard InChI is InChI=1S/3C4H9.CH3.ClH.Sb/c3*1-3-4-2;;;/h3*1,3-4H2,2H3;1H3;1H;. The van der Waals surface area contributed by atoms with Crippen molar-refractivity contribution in [2.24, 2.45) is 0 Å². The predicted molar refractivity (Wildman–Crippen MR) is 78.0 cm³/mol. The summed E-state index contributed by atoms with van der Waals surface area (Å²) in [5.74, 6) is 0. The minimum atomic E-state index is -1.46. The molecule has 0 rings (SSSR count). The summed E-state index contributed by atoms with van der Waals surface area (Å²) in [5.41, 5.74) is 0. The summed E-state index contributed by atoms with van der Waals surface area (Å²) < 4.78 is 4.94. The maximum absolute atomic E-state index is 2.71. The summed E-state index contributed by atoms with van der Waals surface area (Å²) in [4.78, 5) is 2.71. The van der Waals surface area contributed by atoms with Gasteiger partial charge in [0.2, 0.25) is 0 Å². The zero-order valence-corrected chi connectivity index (χ0v) is 14.6. The Bertz CT molecular complexity index is 104. The first kappa shape index (κ1) is 18.5. The van der Waals surface area contributed by atoms with Crippen LogP contribution in [0, 0.1) is 0 Å². The summed E-state index contributed by atoms with van der Waals surface area (Å²) >= 11 is -1.46. The second kappa shape index (κ2) is 11.6. The maximum Gasteiger partial charge on any atom is -0.147 e. The zero-order chi connectivity index (χ0) is 10.9. The van der Waals surface area contributed by atoms with Gasteiger partial charge in [-0.05, 0) is 0 Å². The molecule has 0 aromatic carbocycles. The minimum absolute atomic E-state index is 0. The summed E-state index contributed by atoms with van der Waals surface area (Å²) in [7, 11) is 0. The van der Waals surface area contributed by atoms with Crippen LogP contribution >= 0.6 is 12.4 Å². The van der Waals surface area contributed by atoms with Gasteiger partial charge in [0, 0.05) is 0 Å². The van der Waals surface area contributed by atoms with Crippen LogP contribution in [0.1, 0.15) is 59.3 Å². The van der Waals surface area contributed by atoms with E-state index in [0.717, 1.165) is 0 Å². The molecule has 0 aliphatic heterocycles. The fourth-order valence-corrected chi connectivity index (χ4v) is 13.1. The molecule has 0 aromatic heterocycles. The van der Waals surface area contributed by atoms with Gasteiger partial charge >= 0.3 is 96.1 Å². The van der Waals surface area contributed by atoms with Crippen LogP contribution in [0.3, 0.4) is 0 Å². The molecule has 0 aromatic rings. The second-order valence-corrected chi connectivity index (χ2v) is 17.9. The van der Waals surface area contributed by atoms with Crippen molar-refractivity contribution in [3.8, 4) is 0 Å². The van der Waals surface area contributed by atoms with Crippen LogP contribution in [0.2, 0.25) is 18.0 Å². The van der Waals surface area contributed by atoms with Gasteiger partial charge in [-0.1, -0.05) is 0 Å². The summed E-state index contributed by atoms with van der Waals surface area (Å²) in [6, 6.07) is 0. The molecular formula is C13H31ClSb. The second-order valence-electron chi connectivity index (χ2n) is 4.85. The summed E-state index contributed by atoms with van der Waals surface area (Å²) in [6.45, 7) is 7.01. The Balaban J connectivity index is 0. The molecule has 0 bridgehead atoms. The first-order valence-electron chi connectivity index (χ1n) is 6.52.